The predicted octanol–water partition coefficient (Wildman–Crippen LogP) is 1.69. The molecule has 0 amide bonds. The smallest absolute Gasteiger partial charge is 0.337 e. The molecular formula is C20H16O7. The summed E-state index contributed by atoms with van der Waals surface area (Å²) in [7, 11) is 1.31. The quantitative estimate of drug-likeness (QED) is 0.482. The van der Waals surface area contributed by atoms with E-state index in [-0.39, 0.29) is 17.6 Å². The number of ether oxygens (including phenoxy) is 4. The number of carbonyl (C=O) groups excluding carboxylic acids is 2. The molecule has 7 heteroatoms. The molecule has 2 fully saturated rings. The van der Waals surface area contributed by atoms with Crippen LogP contribution in [0.25, 0.3) is 6.08 Å². The summed E-state index contributed by atoms with van der Waals surface area (Å²) >= 11 is 0. The van der Waals surface area contributed by atoms with Gasteiger partial charge >= 0.3 is 11.9 Å². The molecule has 1 aliphatic carbocycles. The summed E-state index contributed by atoms with van der Waals surface area (Å²) in [5.41, 5.74) is 0.498. The second-order valence-electron chi connectivity index (χ2n) is 6.93. The van der Waals surface area contributed by atoms with E-state index in [2.05, 4.69) is 0 Å². The van der Waals surface area contributed by atoms with Crippen molar-refractivity contribution < 1.29 is 33.6 Å². The minimum Gasteiger partial charge on any atom is -0.508 e. The zero-order valence-electron chi connectivity index (χ0n) is 14.3. The standard InChI is InChI=1S/C20H16O7/c1-24-17(22)14-9-25-19-15-12(14)6-7-20(15)16(26-19)13(18(23)27-20)8-10-2-4-11(21)5-3-10/h2-9,12,15-16,19,21H,1H3/t12-,15-,16+,19-,20+/m1/s1. The first-order valence-corrected chi connectivity index (χ1v) is 8.56. The number of carbonyl (C=O) groups is 2. The van der Waals surface area contributed by atoms with Crippen LogP contribution in [0.2, 0.25) is 0 Å². The molecule has 1 spiro atoms. The van der Waals surface area contributed by atoms with Crippen molar-refractivity contribution in [3.05, 3.63) is 59.4 Å². The van der Waals surface area contributed by atoms with Crippen molar-refractivity contribution >= 4 is 18.0 Å². The van der Waals surface area contributed by atoms with E-state index in [0.717, 1.165) is 5.56 Å². The molecule has 1 aromatic carbocycles. The fourth-order valence-electron chi connectivity index (χ4n) is 4.35. The van der Waals surface area contributed by atoms with Crippen molar-refractivity contribution in [2.75, 3.05) is 7.11 Å². The highest BCUT2D eigenvalue weighted by atomic mass is 16.7. The van der Waals surface area contributed by atoms with Crippen molar-refractivity contribution in [2.24, 2.45) is 11.8 Å². The van der Waals surface area contributed by atoms with E-state index in [0.29, 0.717) is 11.1 Å². The molecule has 7 nitrogen and oxygen atoms in total. The molecule has 0 saturated carbocycles. The number of benzene rings is 1. The van der Waals surface area contributed by atoms with Crippen LogP contribution in [0.15, 0.2) is 53.8 Å². The van der Waals surface area contributed by atoms with Crippen LogP contribution in [0.5, 0.6) is 5.75 Å². The number of phenols is 1. The molecule has 4 aliphatic rings. The van der Waals surface area contributed by atoms with Crippen LogP contribution in [0.1, 0.15) is 5.56 Å². The highest BCUT2D eigenvalue weighted by Crippen LogP contribution is 2.58. The number of hydrogen-bond acceptors (Lipinski definition) is 7. The third kappa shape index (κ3) is 2.12. The summed E-state index contributed by atoms with van der Waals surface area (Å²) in [5, 5.41) is 9.43. The van der Waals surface area contributed by atoms with Gasteiger partial charge < -0.3 is 24.1 Å². The van der Waals surface area contributed by atoms with E-state index in [1.54, 1.807) is 36.4 Å². The van der Waals surface area contributed by atoms with Crippen LogP contribution in [-0.4, -0.2) is 42.1 Å². The summed E-state index contributed by atoms with van der Waals surface area (Å²) < 4.78 is 22.2. The Balaban J connectivity index is 1.53. The number of methoxy groups -OCH3 is 1. The first-order chi connectivity index (χ1) is 13.0. The molecule has 138 valence electrons. The van der Waals surface area contributed by atoms with E-state index in [1.165, 1.54) is 13.4 Å². The van der Waals surface area contributed by atoms with Crippen molar-refractivity contribution in [2.45, 2.75) is 18.0 Å². The van der Waals surface area contributed by atoms with Crippen molar-refractivity contribution in [3.8, 4) is 5.75 Å². The highest BCUT2D eigenvalue weighted by Gasteiger charge is 2.70. The molecule has 0 radical (unpaired) electrons. The lowest BCUT2D eigenvalue weighted by Crippen LogP contribution is -2.43. The van der Waals surface area contributed by atoms with Gasteiger partial charge in [0, 0.05) is 5.92 Å². The van der Waals surface area contributed by atoms with Gasteiger partial charge in [0.05, 0.1) is 30.4 Å². The Labute approximate surface area is 154 Å². The number of phenolic OH excluding ortho intramolecular Hbond substituents is 1. The third-order valence-corrected chi connectivity index (χ3v) is 5.56. The molecule has 1 aromatic rings. The van der Waals surface area contributed by atoms with Crippen LogP contribution in [0.3, 0.4) is 0 Å². The Bertz CT molecular complexity index is 926. The van der Waals surface area contributed by atoms with E-state index in [4.69, 9.17) is 18.9 Å². The number of esters is 2. The maximum Gasteiger partial charge on any atom is 0.337 e. The lowest BCUT2D eigenvalue weighted by molar-refractivity contribution is -0.152. The lowest BCUT2D eigenvalue weighted by atomic mass is 9.78. The van der Waals surface area contributed by atoms with Crippen LogP contribution < -0.4 is 0 Å². The molecule has 3 aliphatic heterocycles. The van der Waals surface area contributed by atoms with Crippen molar-refractivity contribution in [1.82, 2.24) is 0 Å². The zero-order valence-corrected chi connectivity index (χ0v) is 14.3. The SMILES string of the molecule is COC(=O)C1=CO[C@@H]2O[C@H]3C(=Cc4ccc(O)cc4)C(=O)O[C@]34C=C[C@H]1[C@H]24. The van der Waals surface area contributed by atoms with Gasteiger partial charge in [-0.3, -0.25) is 0 Å². The number of aromatic hydroxyl groups is 1. The fraction of sp³-hybridized carbons (Fsp3) is 0.300. The molecule has 5 atom stereocenters. The predicted molar refractivity (Wildman–Crippen MR) is 90.9 cm³/mol. The van der Waals surface area contributed by atoms with Gasteiger partial charge in [-0.15, -0.1) is 0 Å². The Morgan fingerprint density at radius 3 is 2.81 bits per heavy atom. The first kappa shape index (κ1) is 16.1. The summed E-state index contributed by atoms with van der Waals surface area (Å²) in [6, 6.07) is 6.48. The molecule has 0 aromatic heterocycles. The van der Waals surface area contributed by atoms with Crippen molar-refractivity contribution in [3.63, 3.8) is 0 Å². The van der Waals surface area contributed by atoms with E-state index >= 15 is 0 Å². The Hall–Kier alpha value is -3.06. The molecule has 0 unspecified atom stereocenters. The van der Waals surface area contributed by atoms with E-state index in [1.807, 2.05) is 6.08 Å². The van der Waals surface area contributed by atoms with Gasteiger partial charge in [-0.2, -0.15) is 0 Å². The molecule has 0 bridgehead atoms. The molecule has 2 saturated heterocycles. The van der Waals surface area contributed by atoms with Gasteiger partial charge in [-0.25, -0.2) is 9.59 Å². The number of hydrogen-bond donors (Lipinski definition) is 1. The third-order valence-electron chi connectivity index (χ3n) is 5.56. The summed E-state index contributed by atoms with van der Waals surface area (Å²) in [6.45, 7) is 0. The number of rotatable bonds is 2. The minimum atomic E-state index is -0.997. The highest BCUT2D eigenvalue weighted by molar-refractivity contribution is 5.99. The Morgan fingerprint density at radius 1 is 1.30 bits per heavy atom. The summed E-state index contributed by atoms with van der Waals surface area (Å²) in [6.07, 6.45) is 5.45. The van der Waals surface area contributed by atoms with Crippen LogP contribution >= 0.6 is 0 Å². The van der Waals surface area contributed by atoms with Crippen LogP contribution in [0.4, 0.5) is 0 Å². The normalized spacial score (nSPS) is 36.7. The largest absolute Gasteiger partial charge is 0.508 e. The fourth-order valence-corrected chi connectivity index (χ4v) is 4.35. The average molecular weight is 368 g/mol. The first-order valence-electron chi connectivity index (χ1n) is 8.56. The summed E-state index contributed by atoms with van der Waals surface area (Å²) in [5.74, 6) is -1.46. The van der Waals surface area contributed by atoms with Crippen molar-refractivity contribution in [1.29, 1.82) is 0 Å². The summed E-state index contributed by atoms with van der Waals surface area (Å²) in [4.78, 5) is 24.6. The van der Waals surface area contributed by atoms with Gasteiger partial charge in [0.2, 0.25) is 6.29 Å². The molecule has 27 heavy (non-hydrogen) atoms. The molecule has 5 rings (SSSR count). The van der Waals surface area contributed by atoms with Gasteiger partial charge in [-0.1, -0.05) is 18.2 Å². The maximum atomic E-state index is 12.6. The number of allylic oxidation sites excluding steroid dienone is 1. The van der Waals surface area contributed by atoms with Crippen LogP contribution in [0, 0.1) is 11.8 Å². The van der Waals surface area contributed by atoms with E-state index < -0.39 is 29.9 Å². The zero-order chi connectivity index (χ0) is 18.8. The maximum absolute atomic E-state index is 12.6. The molecule has 3 heterocycles. The monoisotopic (exact) mass is 368 g/mol. The second-order valence-corrected chi connectivity index (χ2v) is 6.93. The van der Waals surface area contributed by atoms with Gasteiger partial charge in [0.15, 0.2) is 5.60 Å². The van der Waals surface area contributed by atoms with Crippen LogP contribution in [-0.2, 0) is 28.5 Å². The lowest BCUT2D eigenvalue weighted by Gasteiger charge is -2.32. The Morgan fingerprint density at radius 2 is 2.07 bits per heavy atom. The van der Waals surface area contributed by atoms with Gasteiger partial charge in [0.25, 0.3) is 0 Å². The van der Waals surface area contributed by atoms with Gasteiger partial charge in [-0.05, 0) is 29.8 Å². The second kappa shape index (κ2) is 5.47. The average Bonchev–Trinajstić information content (AvgIpc) is 3.27. The van der Waals surface area contributed by atoms with Gasteiger partial charge in [0.1, 0.15) is 11.9 Å². The molecular weight excluding hydrogens is 352 g/mol. The molecule has 1 N–H and O–H groups in total. The van der Waals surface area contributed by atoms with E-state index in [9.17, 15) is 14.7 Å². The Kier molecular flexibility index (Phi) is 3.27. The topological polar surface area (TPSA) is 91.3 Å². The minimum absolute atomic E-state index is 0.141.